The molecule has 95 heavy (non-hydrogen) atoms. The van der Waals surface area contributed by atoms with Crippen molar-refractivity contribution in [2.45, 2.75) is 157 Å². The van der Waals surface area contributed by atoms with Crippen LogP contribution < -0.4 is 16.4 Å². The lowest BCUT2D eigenvalue weighted by molar-refractivity contribution is 0.590. The van der Waals surface area contributed by atoms with Crippen LogP contribution in [0.1, 0.15) is 158 Å². The minimum atomic E-state index is -0.105. The van der Waals surface area contributed by atoms with Gasteiger partial charge in [0.1, 0.15) is 0 Å². The Morgan fingerprint density at radius 3 is 0.947 bits per heavy atom. The van der Waals surface area contributed by atoms with Crippen LogP contribution in [0.5, 0.6) is 0 Å². The highest BCUT2D eigenvalue weighted by molar-refractivity contribution is 7.00. The minimum Gasteiger partial charge on any atom is -0.310 e. The average molecular weight is 1240 g/mol. The van der Waals surface area contributed by atoms with Crippen molar-refractivity contribution in [3.05, 3.63) is 234 Å². The first kappa shape index (κ1) is 59.4. The molecule has 0 spiro atoms. The molecular weight excluding hydrogens is 1150 g/mol. The van der Waals surface area contributed by atoms with E-state index in [9.17, 15) is 0 Å². The first-order chi connectivity index (χ1) is 44.9. The summed E-state index contributed by atoms with van der Waals surface area (Å²) in [5.41, 5.74) is 31.3. The summed E-state index contributed by atoms with van der Waals surface area (Å²) in [5.74, 6) is 0. The Labute approximate surface area is 560 Å². The lowest BCUT2D eigenvalue weighted by Gasteiger charge is -2.36. The van der Waals surface area contributed by atoms with Gasteiger partial charge in [0.2, 0.25) is 0 Å². The summed E-state index contributed by atoms with van der Waals surface area (Å²) >= 11 is 0. The van der Waals surface area contributed by atoms with Crippen molar-refractivity contribution in [1.82, 2.24) is 18.3 Å². The van der Waals surface area contributed by atoms with Crippen molar-refractivity contribution in [2.75, 3.05) is 0 Å². The van der Waals surface area contributed by atoms with Gasteiger partial charge < -0.3 is 18.3 Å². The molecule has 0 bridgehead atoms. The molecule has 0 radical (unpaired) electrons. The van der Waals surface area contributed by atoms with Gasteiger partial charge in [-0.3, -0.25) is 0 Å². The van der Waals surface area contributed by atoms with E-state index in [2.05, 4.69) is 343 Å². The topological polar surface area (TPSA) is 19.7 Å². The second-order valence-corrected chi connectivity index (χ2v) is 34.4. The molecule has 17 rings (SSSR count). The van der Waals surface area contributed by atoms with Crippen LogP contribution in [-0.2, 0) is 32.5 Å². The quantitative estimate of drug-likeness (QED) is 0.157. The molecule has 11 aromatic carbocycles. The zero-order chi connectivity index (χ0) is 66.3. The second kappa shape index (κ2) is 19.7. The number of hydrogen-bond acceptors (Lipinski definition) is 0. The minimum absolute atomic E-state index is 0.0298. The Bertz CT molecular complexity index is 5550. The van der Waals surface area contributed by atoms with Crippen molar-refractivity contribution < 1.29 is 0 Å². The first-order valence-corrected chi connectivity index (χ1v) is 34.7. The molecule has 0 fully saturated rings. The van der Waals surface area contributed by atoms with Gasteiger partial charge in [-0.05, 0) is 183 Å². The van der Waals surface area contributed by atoms with Gasteiger partial charge in [-0.15, -0.1) is 0 Å². The van der Waals surface area contributed by atoms with Crippen LogP contribution >= 0.6 is 0 Å². The van der Waals surface area contributed by atoms with Crippen molar-refractivity contribution in [3.63, 3.8) is 0 Å². The molecule has 0 atom stereocenters. The molecule has 0 aliphatic carbocycles. The summed E-state index contributed by atoms with van der Waals surface area (Å²) in [5, 5.41) is 10.2. The number of aromatic nitrogens is 4. The highest BCUT2D eigenvalue weighted by Crippen LogP contribution is 2.48. The van der Waals surface area contributed by atoms with E-state index >= 15 is 0 Å². The largest absolute Gasteiger partial charge is 0.310 e. The SMILES string of the molecule is CC(C)(C)c1ccc(-c2cc(-c3ccc(C(C)(C)C)cc3)cc(-n3c4ccccc4c4ccc5c6ccccc6n(-c6cc7c8c(c6)-n6c9ccc(C(C)(C)C)cc9c9cc(C(C)(C)C)cc(c96)B8c6cc(C(C)(C)C)cc8c9cc(C(C)(C)C)ccc9n-7c68)c5c43)c2)cc1. The predicted octanol–water partition coefficient (Wildman–Crippen LogP) is 22.3. The van der Waals surface area contributed by atoms with Gasteiger partial charge in [0.05, 0.1) is 38.8 Å². The molecule has 0 saturated carbocycles. The standard InChI is InChI=1S/C90H87BN4/c1-85(2,3)56-31-27-52(28-32-56)54-41-55(53-29-33-57(34-30-53)86(4,5)6)43-62(42-54)92-74-25-21-19-23-64(74)66-37-38-67-65-24-20-22-26-75(65)93(84(67)83(66)92)63-50-78-80-79(51-63)95-77-40-36-59(88(10,11)12)45-69(77)71-47-61(90(16,17)18)49-73(82(71)95)91(80)72-48-60(89(13,14)15)46-70-68-44-58(87(7,8)9)35-39-76(68)94(78)81(70)72/h19-51H,1-18H3. The molecule has 2 aliphatic heterocycles. The van der Waals surface area contributed by atoms with E-state index in [0.717, 1.165) is 11.4 Å². The van der Waals surface area contributed by atoms with Gasteiger partial charge in [0.15, 0.2) is 0 Å². The van der Waals surface area contributed by atoms with Crippen LogP contribution in [-0.4, -0.2) is 25.0 Å². The summed E-state index contributed by atoms with van der Waals surface area (Å²) in [4.78, 5) is 0. The zero-order valence-electron chi connectivity index (χ0n) is 58.9. The van der Waals surface area contributed by atoms with Crippen LogP contribution in [0.3, 0.4) is 0 Å². The number of nitrogens with zero attached hydrogens (tertiary/aromatic N) is 4. The van der Waals surface area contributed by atoms with E-state index in [0.29, 0.717) is 0 Å². The molecule has 15 aromatic rings. The monoisotopic (exact) mass is 1230 g/mol. The van der Waals surface area contributed by atoms with Crippen LogP contribution in [0, 0.1) is 0 Å². The van der Waals surface area contributed by atoms with Crippen LogP contribution in [0.25, 0.3) is 132 Å². The third-order valence-electron chi connectivity index (χ3n) is 21.8. The van der Waals surface area contributed by atoms with Crippen LogP contribution in [0.2, 0.25) is 0 Å². The van der Waals surface area contributed by atoms with Crippen molar-refractivity contribution in [1.29, 1.82) is 0 Å². The third-order valence-corrected chi connectivity index (χ3v) is 21.8. The molecule has 0 N–H and O–H groups in total. The maximum absolute atomic E-state index is 2.70. The van der Waals surface area contributed by atoms with Gasteiger partial charge >= 0.3 is 0 Å². The Morgan fingerprint density at radius 2 is 0.568 bits per heavy atom. The number of benzene rings is 11. The van der Waals surface area contributed by atoms with Gasteiger partial charge in [-0.2, -0.15) is 0 Å². The van der Waals surface area contributed by atoms with Gasteiger partial charge in [-0.1, -0.05) is 246 Å². The summed E-state index contributed by atoms with van der Waals surface area (Å²) in [6, 6.07) is 79.4. The van der Waals surface area contributed by atoms with Gasteiger partial charge in [0.25, 0.3) is 6.71 Å². The summed E-state index contributed by atoms with van der Waals surface area (Å²) < 4.78 is 10.7. The first-order valence-electron chi connectivity index (χ1n) is 34.7. The molecular formula is C90H87BN4. The van der Waals surface area contributed by atoms with E-state index in [-0.39, 0.29) is 39.2 Å². The zero-order valence-corrected chi connectivity index (χ0v) is 58.9. The number of fused-ring (bicyclic) bond motifs is 17. The van der Waals surface area contributed by atoms with Crippen LogP contribution in [0.4, 0.5) is 0 Å². The maximum atomic E-state index is 2.70. The van der Waals surface area contributed by atoms with Crippen molar-refractivity contribution in [2.24, 2.45) is 0 Å². The molecule has 0 amide bonds. The van der Waals surface area contributed by atoms with E-state index in [4.69, 9.17) is 0 Å². The number of para-hydroxylation sites is 2. The number of hydrogen-bond donors (Lipinski definition) is 0. The van der Waals surface area contributed by atoms with Crippen LogP contribution in [0.15, 0.2) is 200 Å². The van der Waals surface area contributed by atoms with E-state index in [1.54, 1.807) is 0 Å². The van der Waals surface area contributed by atoms with E-state index in [1.807, 2.05) is 0 Å². The normalized spacial score (nSPS) is 13.8. The Balaban J connectivity index is 1.04. The maximum Gasteiger partial charge on any atom is 0.252 e. The van der Waals surface area contributed by atoms with Gasteiger partial charge in [-0.25, -0.2) is 0 Å². The second-order valence-electron chi connectivity index (χ2n) is 34.4. The fourth-order valence-corrected chi connectivity index (χ4v) is 16.4. The Hall–Kier alpha value is -9.32. The fourth-order valence-electron chi connectivity index (χ4n) is 16.4. The summed E-state index contributed by atoms with van der Waals surface area (Å²) in [7, 11) is 0. The summed E-state index contributed by atoms with van der Waals surface area (Å²) in [6.07, 6.45) is 0. The smallest absolute Gasteiger partial charge is 0.252 e. The summed E-state index contributed by atoms with van der Waals surface area (Å²) in [6.45, 7) is 42.3. The van der Waals surface area contributed by atoms with E-state index < -0.39 is 0 Å². The highest BCUT2D eigenvalue weighted by Gasteiger charge is 2.43. The van der Waals surface area contributed by atoms with Crippen molar-refractivity contribution in [3.8, 4) is 45.0 Å². The number of rotatable bonds is 4. The molecule has 5 heteroatoms. The molecule has 4 aromatic heterocycles. The molecule has 0 unspecified atom stereocenters. The highest BCUT2D eigenvalue weighted by atomic mass is 15.1. The van der Waals surface area contributed by atoms with Crippen molar-refractivity contribution >= 4 is 110 Å². The fraction of sp³-hybridized carbons (Fsp3) is 0.267. The Kier molecular flexibility index (Phi) is 12.3. The molecule has 0 saturated heterocycles. The third kappa shape index (κ3) is 8.86. The molecule has 470 valence electrons. The molecule has 4 nitrogen and oxygen atoms in total. The lowest BCUT2D eigenvalue weighted by atomic mass is 9.34. The lowest BCUT2D eigenvalue weighted by Crippen LogP contribution is -2.59. The van der Waals surface area contributed by atoms with E-state index in [1.165, 1.54) is 171 Å². The molecule has 2 aliphatic rings. The predicted molar refractivity (Wildman–Crippen MR) is 412 cm³/mol. The molecule has 6 heterocycles. The van der Waals surface area contributed by atoms with Gasteiger partial charge in [0, 0.05) is 71.2 Å². The average Bonchev–Trinajstić information content (AvgIpc) is 1.60. The Morgan fingerprint density at radius 1 is 0.232 bits per heavy atom.